The van der Waals surface area contributed by atoms with E-state index >= 15 is 0 Å². The number of aliphatic hydroxyl groups excluding tert-OH is 1. The number of fused-ring (bicyclic) bond motifs is 1. The Morgan fingerprint density at radius 3 is 2.17 bits per heavy atom. The van der Waals surface area contributed by atoms with Crippen LogP contribution in [0.15, 0.2) is 60.5 Å². The van der Waals surface area contributed by atoms with Gasteiger partial charge in [-0.2, -0.15) is 0 Å². The third-order valence-corrected chi connectivity index (χ3v) is 14.1. The van der Waals surface area contributed by atoms with Gasteiger partial charge in [0.05, 0.1) is 0 Å². The third-order valence-electron chi connectivity index (χ3n) is 12.7. The number of hydrogen-bond donors (Lipinski definition) is 1. The number of carbonyl (C=O) groups is 1. The van der Waals surface area contributed by atoms with Crippen LogP contribution in [0.2, 0.25) is 0 Å². The Bertz CT molecular complexity index is 1770. The number of thiophene rings is 1. The number of hydrogen-bond acceptors (Lipinski definition) is 4. The molecular weight excluding hydrogens is 835 g/mol. The van der Waals surface area contributed by atoms with Gasteiger partial charge in [0.15, 0.2) is 5.78 Å². The van der Waals surface area contributed by atoms with Crippen molar-refractivity contribution in [1.82, 2.24) is 4.98 Å². The summed E-state index contributed by atoms with van der Waals surface area (Å²) in [6.45, 7) is 16.6. The van der Waals surface area contributed by atoms with Crippen LogP contribution in [0, 0.1) is 43.6 Å². The predicted octanol–water partition coefficient (Wildman–Crippen LogP) is 14.2. The minimum Gasteiger partial charge on any atom is -0.512 e. The molecule has 1 N–H and O–H groups in total. The van der Waals surface area contributed by atoms with E-state index in [2.05, 4.69) is 69.3 Å². The van der Waals surface area contributed by atoms with Crippen molar-refractivity contribution in [2.24, 2.45) is 16.7 Å². The smallest absolute Gasteiger partial charge is 0.162 e. The molecular formula is C47H62IrNO2S-. The average Bonchev–Trinajstić information content (AvgIpc) is 3.48. The van der Waals surface area contributed by atoms with Crippen molar-refractivity contribution in [3.63, 3.8) is 0 Å². The summed E-state index contributed by atoms with van der Waals surface area (Å²) in [6, 6.07) is 19.7. The molecule has 2 aromatic heterocycles. The molecule has 2 aliphatic carbocycles. The maximum atomic E-state index is 11.9. The first-order chi connectivity index (χ1) is 24.5. The van der Waals surface area contributed by atoms with E-state index in [1.54, 1.807) is 5.56 Å². The van der Waals surface area contributed by atoms with E-state index in [1.165, 1.54) is 101 Å². The van der Waals surface area contributed by atoms with Gasteiger partial charge in [-0.05, 0) is 111 Å². The Morgan fingerprint density at radius 2 is 1.60 bits per heavy atom. The molecule has 2 heterocycles. The number of aliphatic hydroxyl groups is 1. The van der Waals surface area contributed by atoms with Crippen LogP contribution >= 0.6 is 11.3 Å². The number of aryl methyl sites for hydroxylation is 3. The molecule has 2 saturated carbocycles. The van der Waals surface area contributed by atoms with E-state index in [0.29, 0.717) is 5.41 Å². The number of benzene rings is 2. The molecule has 6 rings (SSSR count). The van der Waals surface area contributed by atoms with Crippen LogP contribution in [-0.4, -0.2) is 15.9 Å². The van der Waals surface area contributed by atoms with Crippen molar-refractivity contribution in [2.75, 3.05) is 0 Å². The number of ketones is 1. The fraction of sp³-hybridized carbons (Fsp3) is 0.532. The normalized spacial score (nSPS) is 16.4. The molecule has 2 aromatic carbocycles. The largest absolute Gasteiger partial charge is 0.512 e. The zero-order valence-electron chi connectivity index (χ0n) is 33.1. The molecule has 0 aliphatic heterocycles. The summed E-state index contributed by atoms with van der Waals surface area (Å²) in [6.07, 6.45) is 19.8. The quantitative estimate of drug-likeness (QED) is 0.0980. The second kappa shape index (κ2) is 18.6. The fourth-order valence-electron chi connectivity index (χ4n) is 8.64. The van der Waals surface area contributed by atoms with Gasteiger partial charge >= 0.3 is 0 Å². The molecule has 4 aromatic rings. The molecule has 0 saturated heterocycles. The van der Waals surface area contributed by atoms with E-state index < -0.39 is 0 Å². The summed E-state index contributed by atoms with van der Waals surface area (Å²) >= 11 is 1.88. The van der Waals surface area contributed by atoms with E-state index in [9.17, 15) is 9.90 Å². The van der Waals surface area contributed by atoms with Crippen molar-refractivity contribution in [3.05, 3.63) is 88.8 Å². The molecule has 0 bridgehead atoms. The predicted molar refractivity (Wildman–Crippen MR) is 219 cm³/mol. The summed E-state index contributed by atoms with van der Waals surface area (Å²) < 4.78 is 1.27. The van der Waals surface area contributed by atoms with Gasteiger partial charge in [0, 0.05) is 59.0 Å². The maximum Gasteiger partial charge on any atom is 0.162 e. The first-order valence-corrected chi connectivity index (χ1v) is 20.7. The summed E-state index contributed by atoms with van der Waals surface area (Å²) in [5.41, 5.74) is 9.28. The summed E-state index contributed by atoms with van der Waals surface area (Å²) in [5.74, 6) is 1.11. The maximum absolute atomic E-state index is 11.9. The average molecular weight is 897 g/mol. The summed E-state index contributed by atoms with van der Waals surface area (Å²) in [4.78, 5) is 18.0. The number of carbonyl (C=O) groups excluding carboxylic acids is 1. The Kier molecular flexibility index (Phi) is 15.1. The topological polar surface area (TPSA) is 50.2 Å². The number of nitrogens with zero attached hydrogens (tertiary/aromatic N) is 1. The number of aromatic nitrogens is 1. The minimum atomic E-state index is -0.248. The molecule has 5 heteroatoms. The molecule has 0 atom stereocenters. The standard InChI is InChI=1S/C33H36NS.C14H26O2.Ir/c1-22-19-23(2)21-28(20-22)30-32-29(13-18-34-30)24(3)31(35-32)27-9-7-25(8-10-27)26-11-16-33(17-12-26)14-5-4-6-15-33;1-6-11(7-2)12(15)10-13(16)14(5,8-3)9-4;/h7-10,13,18-20,26H,4-6,11-12,14-17H2,1-3H3;10-11,16H,6-9H2,1-5H3;/q-1;;/b;13-10-;. The molecule has 283 valence electrons. The molecule has 0 unspecified atom stereocenters. The summed E-state index contributed by atoms with van der Waals surface area (Å²) in [5, 5.41) is 11.3. The summed E-state index contributed by atoms with van der Waals surface area (Å²) in [7, 11) is 0. The number of rotatable bonds is 10. The SMILES string of the molecule is CCC(CC)C(=O)/C=C(\O)C(C)(CC)CC.Cc1[c-]c(-c2nccc3c(C)c(-c4ccc(C5CCC6(CCCCC6)CC5)cc4)sc23)cc(C)c1.[Ir]. The zero-order valence-corrected chi connectivity index (χ0v) is 36.3. The Balaban J connectivity index is 0.000000305. The molecule has 2 aliphatic rings. The van der Waals surface area contributed by atoms with E-state index in [0.717, 1.165) is 42.9 Å². The van der Waals surface area contributed by atoms with Crippen molar-refractivity contribution in [3.8, 4) is 21.7 Å². The Morgan fingerprint density at radius 1 is 0.962 bits per heavy atom. The van der Waals surface area contributed by atoms with E-state index in [-0.39, 0.29) is 43.0 Å². The molecule has 0 amide bonds. The van der Waals surface area contributed by atoms with Gasteiger partial charge in [0.2, 0.25) is 0 Å². The molecule has 1 spiro atoms. The van der Waals surface area contributed by atoms with Crippen LogP contribution in [-0.2, 0) is 24.9 Å². The molecule has 1 radical (unpaired) electrons. The van der Waals surface area contributed by atoms with E-state index in [1.807, 2.05) is 52.2 Å². The van der Waals surface area contributed by atoms with Gasteiger partial charge in [-0.15, -0.1) is 46.2 Å². The van der Waals surface area contributed by atoms with Crippen LogP contribution in [0.5, 0.6) is 0 Å². The first kappa shape index (κ1) is 42.2. The van der Waals surface area contributed by atoms with Crippen molar-refractivity contribution >= 4 is 27.2 Å². The van der Waals surface area contributed by atoms with Gasteiger partial charge in [-0.1, -0.05) is 92.0 Å². The number of pyridine rings is 1. The van der Waals surface area contributed by atoms with Gasteiger partial charge in [-0.25, -0.2) is 0 Å². The molecule has 52 heavy (non-hydrogen) atoms. The Labute approximate surface area is 332 Å². The number of allylic oxidation sites excluding steroid dienone is 2. The fourth-order valence-corrected chi connectivity index (χ4v) is 9.95. The van der Waals surface area contributed by atoms with Crippen LogP contribution in [0.4, 0.5) is 0 Å². The minimum absolute atomic E-state index is 0. The van der Waals surface area contributed by atoms with Crippen LogP contribution in [0.25, 0.3) is 31.8 Å². The first-order valence-electron chi connectivity index (χ1n) is 19.9. The Hall–Kier alpha value is -2.59. The monoisotopic (exact) mass is 897 g/mol. The van der Waals surface area contributed by atoms with Gasteiger partial charge in [-0.3, -0.25) is 4.79 Å². The van der Waals surface area contributed by atoms with Crippen molar-refractivity contribution in [2.45, 2.75) is 145 Å². The van der Waals surface area contributed by atoms with Crippen LogP contribution in [0.1, 0.15) is 146 Å². The van der Waals surface area contributed by atoms with E-state index in [4.69, 9.17) is 4.98 Å². The van der Waals surface area contributed by atoms with Crippen LogP contribution in [0.3, 0.4) is 0 Å². The second-order valence-corrected chi connectivity index (χ2v) is 17.0. The van der Waals surface area contributed by atoms with Gasteiger partial charge < -0.3 is 10.1 Å². The third kappa shape index (κ3) is 9.55. The van der Waals surface area contributed by atoms with Crippen molar-refractivity contribution < 1.29 is 30.0 Å². The molecule has 2 fully saturated rings. The van der Waals surface area contributed by atoms with Gasteiger partial charge in [0.1, 0.15) is 5.76 Å². The van der Waals surface area contributed by atoms with Crippen molar-refractivity contribution in [1.29, 1.82) is 0 Å². The van der Waals surface area contributed by atoms with Crippen LogP contribution < -0.4 is 0 Å². The zero-order chi connectivity index (χ0) is 36.8. The van der Waals surface area contributed by atoms with Gasteiger partial charge in [0.25, 0.3) is 0 Å². The molecule has 3 nitrogen and oxygen atoms in total. The second-order valence-electron chi connectivity index (χ2n) is 16.0.